The van der Waals surface area contributed by atoms with Gasteiger partial charge in [-0.2, -0.15) is 0 Å². The van der Waals surface area contributed by atoms with Crippen LogP contribution in [-0.4, -0.2) is 30.1 Å². The van der Waals surface area contributed by atoms with E-state index in [9.17, 15) is 14.7 Å². The predicted octanol–water partition coefficient (Wildman–Crippen LogP) is 10.8. The molecule has 0 aliphatic heterocycles. The summed E-state index contributed by atoms with van der Waals surface area (Å²) < 4.78 is 6.97. The van der Waals surface area contributed by atoms with E-state index in [-0.39, 0.29) is 12.3 Å². The number of ether oxygens (including phenoxy) is 1. The summed E-state index contributed by atoms with van der Waals surface area (Å²) in [4.78, 5) is 28.3. The minimum Gasteiger partial charge on any atom is -0.481 e. The molecule has 1 atom stereocenters. The van der Waals surface area contributed by atoms with E-state index in [0.717, 1.165) is 77.1 Å². The van der Waals surface area contributed by atoms with E-state index < -0.39 is 12.0 Å². The normalized spacial score (nSPS) is 11.6. The summed E-state index contributed by atoms with van der Waals surface area (Å²) in [6.45, 7) is 6.17. The number of carbonyl (C=O) groups excluding carboxylic acids is 1. The number of nitrogens with zero attached hydrogens (tertiary/aromatic N) is 1. The average molecular weight is 700 g/mol. The number of hydrogen-bond acceptors (Lipinski definition) is 4. The van der Waals surface area contributed by atoms with Gasteiger partial charge in [-0.25, -0.2) is 0 Å². The van der Waals surface area contributed by atoms with E-state index in [1.807, 2.05) is 97.1 Å². The third-order valence-electron chi connectivity index (χ3n) is 8.27. The number of aliphatic carboxylic acids is 1. The molecule has 4 aromatic carbocycles. The molecule has 47 heavy (non-hydrogen) atoms. The largest absolute Gasteiger partial charge is 0.481 e. The average Bonchev–Trinajstić information content (AvgIpc) is 3.08. The van der Waals surface area contributed by atoms with Gasteiger partial charge >= 0.3 is 5.97 Å². The molecule has 0 radical (unpaired) electrons. The first-order valence-corrected chi connectivity index (χ1v) is 17.7. The number of amides is 1. The lowest BCUT2D eigenvalue weighted by Crippen LogP contribution is -2.33. The maximum atomic E-state index is 14.0. The van der Waals surface area contributed by atoms with Crippen LogP contribution < -0.4 is 15.0 Å². The molecule has 0 aliphatic carbocycles. The third kappa shape index (κ3) is 11.0. The van der Waals surface area contributed by atoms with Gasteiger partial charge < -0.3 is 20.1 Å². The van der Waals surface area contributed by atoms with Crippen LogP contribution in [0.15, 0.2) is 102 Å². The summed E-state index contributed by atoms with van der Waals surface area (Å²) >= 11 is 3.57. The highest BCUT2D eigenvalue weighted by atomic mass is 79.9. The fourth-order valence-corrected chi connectivity index (χ4v) is 6.11. The van der Waals surface area contributed by atoms with Gasteiger partial charge in [-0.1, -0.05) is 129 Å². The molecule has 0 saturated heterocycles. The van der Waals surface area contributed by atoms with Gasteiger partial charge in [-0.3, -0.25) is 9.59 Å². The Morgan fingerprint density at radius 3 is 2.06 bits per heavy atom. The number of benzene rings is 4. The fourth-order valence-electron chi connectivity index (χ4n) is 5.74. The van der Waals surface area contributed by atoms with E-state index in [1.165, 1.54) is 25.7 Å². The molecular formula is C40H47BrN2O4. The van der Waals surface area contributed by atoms with Gasteiger partial charge in [-0.15, -0.1) is 0 Å². The van der Waals surface area contributed by atoms with Crippen molar-refractivity contribution in [3.8, 4) is 22.6 Å². The summed E-state index contributed by atoms with van der Waals surface area (Å²) in [6.07, 6.45) is 8.92. The number of nitrogens with one attached hydrogen (secondary N) is 1. The van der Waals surface area contributed by atoms with Gasteiger partial charge in [0.1, 0.15) is 11.5 Å². The van der Waals surface area contributed by atoms with Crippen LogP contribution in [0.2, 0.25) is 0 Å². The Bertz CT molecular complexity index is 1550. The molecule has 1 unspecified atom stereocenters. The van der Waals surface area contributed by atoms with E-state index in [0.29, 0.717) is 5.56 Å². The Labute approximate surface area is 288 Å². The second kappa shape index (κ2) is 18.9. The Hall–Kier alpha value is -4.10. The highest BCUT2D eigenvalue weighted by molar-refractivity contribution is 9.10. The lowest BCUT2D eigenvalue weighted by molar-refractivity contribution is -0.137. The van der Waals surface area contributed by atoms with E-state index in [2.05, 4.69) is 40.0 Å². The number of carboxylic acids is 1. The Balaban J connectivity index is 1.57. The van der Waals surface area contributed by atoms with E-state index >= 15 is 0 Å². The molecule has 0 aromatic heterocycles. The summed E-state index contributed by atoms with van der Waals surface area (Å²) in [5.74, 6) is 0.195. The van der Waals surface area contributed by atoms with E-state index in [1.54, 1.807) is 0 Å². The predicted molar refractivity (Wildman–Crippen MR) is 195 cm³/mol. The molecule has 0 aliphatic rings. The minimum atomic E-state index is -0.982. The number of halogens is 1. The summed E-state index contributed by atoms with van der Waals surface area (Å²) in [5, 5.41) is 12.9. The van der Waals surface area contributed by atoms with Crippen molar-refractivity contribution in [2.24, 2.45) is 0 Å². The number of para-hydroxylation sites is 2. The van der Waals surface area contributed by atoms with Gasteiger partial charge in [0, 0.05) is 28.8 Å². The molecule has 7 heteroatoms. The number of unbranched alkanes of at least 4 members (excludes halogenated alkanes) is 6. The molecule has 1 amide bonds. The second-order valence-corrected chi connectivity index (χ2v) is 12.8. The van der Waals surface area contributed by atoms with Crippen molar-refractivity contribution in [1.82, 2.24) is 5.32 Å². The Morgan fingerprint density at radius 2 is 1.43 bits per heavy atom. The minimum absolute atomic E-state index is 0.236. The van der Waals surface area contributed by atoms with Crippen LogP contribution >= 0.6 is 15.9 Å². The highest BCUT2D eigenvalue weighted by Gasteiger charge is 2.23. The van der Waals surface area contributed by atoms with E-state index in [4.69, 9.17) is 4.74 Å². The van der Waals surface area contributed by atoms with Gasteiger partial charge in [0.2, 0.25) is 0 Å². The number of hydrogen-bond donors (Lipinski definition) is 2. The van der Waals surface area contributed by atoms with Crippen molar-refractivity contribution < 1.29 is 19.4 Å². The van der Waals surface area contributed by atoms with Crippen LogP contribution in [0.3, 0.4) is 0 Å². The van der Waals surface area contributed by atoms with Crippen molar-refractivity contribution in [3.05, 3.63) is 113 Å². The maximum Gasteiger partial charge on any atom is 0.305 e. The van der Waals surface area contributed by atoms with Crippen LogP contribution in [0.4, 0.5) is 5.69 Å². The van der Waals surface area contributed by atoms with Gasteiger partial charge in [0.25, 0.3) is 5.91 Å². The van der Waals surface area contributed by atoms with Gasteiger partial charge in [0.15, 0.2) is 0 Å². The first kappa shape index (κ1) is 35.7. The first-order chi connectivity index (χ1) is 22.9. The molecule has 0 heterocycles. The number of rotatable bonds is 19. The van der Waals surface area contributed by atoms with Crippen molar-refractivity contribution in [2.75, 3.05) is 18.0 Å². The third-order valence-corrected chi connectivity index (χ3v) is 8.77. The van der Waals surface area contributed by atoms with Crippen molar-refractivity contribution in [2.45, 2.75) is 77.7 Å². The molecule has 0 bridgehead atoms. The smallest absolute Gasteiger partial charge is 0.305 e. The van der Waals surface area contributed by atoms with Crippen molar-refractivity contribution in [3.63, 3.8) is 0 Å². The highest BCUT2D eigenvalue weighted by Crippen LogP contribution is 2.34. The standard InChI is InChI=1S/C40H47BrN2O4/c1-3-5-7-14-26-43(27-15-8-6-4-2)37-25-24-32(41)28-35(37)40(46)42-36(29-39(44)45)31-22-20-30(21-23-31)34-18-12-13-19-38(34)47-33-16-10-9-11-17-33/h9-13,16-25,28,36H,3-8,14-15,26-27,29H2,1-2H3,(H,42,46)(H,44,45). The molecule has 248 valence electrons. The zero-order valence-corrected chi connectivity index (χ0v) is 29.2. The monoisotopic (exact) mass is 698 g/mol. The first-order valence-electron chi connectivity index (χ1n) is 16.9. The SMILES string of the molecule is CCCCCCN(CCCCCC)c1ccc(Br)cc1C(=O)NC(CC(=O)O)c1ccc(-c2ccccc2Oc2ccccc2)cc1. The lowest BCUT2D eigenvalue weighted by atomic mass is 9.98. The van der Waals surface area contributed by atoms with Crippen LogP contribution in [0.5, 0.6) is 11.5 Å². The van der Waals surface area contributed by atoms with Gasteiger partial charge in [-0.05, 0) is 60.4 Å². The topological polar surface area (TPSA) is 78.9 Å². The fraction of sp³-hybridized carbons (Fsp3) is 0.350. The zero-order chi connectivity index (χ0) is 33.4. The molecule has 0 spiro atoms. The summed E-state index contributed by atoms with van der Waals surface area (Å²) in [7, 11) is 0. The van der Waals surface area contributed by atoms with Crippen LogP contribution in [0.25, 0.3) is 11.1 Å². The number of carboxylic acid groups (broad SMARTS) is 1. The number of anilines is 1. The number of carbonyl (C=O) groups is 2. The molecule has 4 aromatic rings. The zero-order valence-electron chi connectivity index (χ0n) is 27.6. The summed E-state index contributed by atoms with van der Waals surface area (Å²) in [5.41, 5.74) is 4.00. The quantitative estimate of drug-likeness (QED) is 0.0953. The van der Waals surface area contributed by atoms with Crippen molar-refractivity contribution >= 4 is 33.5 Å². The lowest BCUT2D eigenvalue weighted by Gasteiger charge is -2.28. The van der Waals surface area contributed by atoms with Crippen LogP contribution in [0.1, 0.15) is 93.6 Å². The van der Waals surface area contributed by atoms with Crippen LogP contribution in [-0.2, 0) is 4.79 Å². The Morgan fingerprint density at radius 1 is 0.787 bits per heavy atom. The second-order valence-electron chi connectivity index (χ2n) is 11.9. The molecule has 6 nitrogen and oxygen atoms in total. The Kier molecular flexibility index (Phi) is 14.4. The molecule has 0 fully saturated rings. The molecule has 4 rings (SSSR count). The summed E-state index contributed by atoms with van der Waals surface area (Å²) in [6, 6.07) is 30.2. The van der Waals surface area contributed by atoms with Gasteiger partial charge in [0.05, 0.1) is 18.0 Å². The maximum absolute atomic E-state index is 14.0. The van der Waals surface area contributed by atoms with Crippen LogP contribution in [0, 0.1) is 0 Å². The molecule has 2 N–H and O–H groups in total. The molecule has 0 saturated carbocycles. The molecular weight excluding hydrogens is 652 g/mol. The van der Waals surface area contributed by atoms with Crippen molar-refractivity contribution in [1.29, 1.82) is 0 Å².